The molecule has 0 bridgehead atoms. The van der Waals surface area contributed by atoms with Crippen molar-refractivity contribution < 1.29 is 28.2 Å². The molecule has 3 aromatic carbocycles. The number of esters is 1. The summed E-state index contributed by atoms with van der Waals surface area (Å²) < 4.78 is 35.0. The number of nitrogens with one attached hydrogen (secondary N) is 1. The van der Waals surface area contributed by atoms with Gasteiger partial charge in [-0.05, 0) is 55.5 Å². The highest BCUT2D eigenvalue weighted by molar-refractivity contribution is 7.92. The molecule has 4 rings (SSSR count). The van der Waals surface area contributed by atoms with E-state index < -0.39 is 21.6 Å². The van der Waals surface area contributed by atoms with E-state index in [0.717, 1.165) is 12.0 Å². The Morgan fingerprint density at radius 3 is 2.15 bits per heavy atom. The van der Waals surface area contributed by atoms with Crippen molar-refractivity contribution in [3.05, 3.63) is 95.2 Å². The first kappa shape index (κ1) is 28.2. The van der Waals surface area contributed by atoms with Crippen LogP contribution in [-0.4, -0.2) is 30.2 Å². The summed E-state index contributed by atoms with van der Waals surface area (Å²) >= 11 is 0. The molecule has 0 aliphatic carbocycles. The summed E-state index contributed by atoms with van der Waals surface area (Å²) in [6.45, 7) is 3.87. The Morgan fingerprint density at radius 1 is 0.872 bits per heavy atom. The quantitative estimate of drug-likeness (QED) is 0.234. The Morgan fingerprint density at radius 2 is 1.54 bits per heavy atom. The minimum Gasteiger partial charge on any atom is -0.511 e. The second kappa shape index (κ2) is 11.9. The van der Waals surface area contributed by atoms with E-state index in [0.29, 0.717) is 31.4 Å². The molecule has 1 aliphatic rings. The number of phenolic OH excluding ortho intramolecular Hbond substituents is 1. The summed E-state index contributed by atoms with van der Waals surface area (Å²) in [4.78, 5) is 13.3. The van der Waals surface area contributed by atoms with Crippen LogP contribution in [0.15, 0.2) is 83.5 Å². The fourth-order valence-electron chi connectivity index (χ4n) is 5.22. The zero-order chi connectivity index (χ0) is 28.0. The van der Waals surface area contributed by atoms with Gasteiger partial charge < -0.3 is 14.9 Å². The average Bonchev–Trinajstić information content (AvgIpc) is 2.90. The normalized spacial score (nSPS) is 17.6. The Labute approximate surface area is 230 Å². The van der Waals surface area contributed by atoms with Crippen molar-refractivity contribution in [2.75, 3.05) is 4.72 Å². The van der Waals surface area contributed by atoms with E-state index >= 15 is 0 Å². The largest absolute Gasteiger partial charge is 0.511 e. The second-order valence-electron chi connectivity index (χ2n) is 9.97. The van der Waals surface area contributed by atoms with Crippen LogP contribution in [0.2, 0.25) is 0 Å². The van der Waals surface area contributed by atoms with Gasteiger partial charge in [0.15, 0.2) is 0 Å². The minimum atomic E-state index is -4.03. The van der Waals surface area contributed by atoms with Crippen LogP contribution in [0.1, 0.15) is 62.6 Å². The van der Waals surface area contributed by atoms with E-state index in [1.165, 1.54) is 12.1 Å². The van der Waals surface area contributed by atoms with Gasteiger partial charge in [0.1, 0.15) is 22.7 Å². The number of aryl methyl sites for hydroxylation is 1. The van der Waals surface area contributed by atoms with Crippen molar-refractivity contribution >= 4 is 27.3 Å². The molecule has 7 nitrogen and oxygen atoms in total. The summed E-state index contributed by atoms with van der Waals surface area (Å²) in [5, 5.41) is 22.4. The molecule has 0 radical (unpaired) electrons. The predicted molar refractivity (Wildman–Crippen MR) is 152 cm³/mol. The van der Waals surface area contributed by atoms with Crippen molar-refractivity contribution in [2.24, 2.45) is 0 Å². The molecule has 0 amide bonds. The van der Waals surface area contributed by atoms with Gasteiger partial charge in [0.2, 0.25) is 0 Å². The highest BCUT2D eigenvalue weighted by atomic mass is 32.2. The number of hydrogen-bond donors (Lipinski definition) is 3. The van der Waals surface area contributed by atoms with Gasteiger partial charge in [-0.1, -0.05) is 75.2 Å². The Kier molecular flexibility index (Phi) is 8.65. The Bertz CT molecular complexity index is 1450. The third-order valence-electron chi connectivity index (χ3n) is 7.03. The lowest BCUT2D eigenvalue weighted by Crippen LogP contribution is -2.40. The number of sulfonamides is 1. The summed E-state index contributed by atoms with van der Waals surface area (Å²) in [7, 11) is -4.03. The van der Waals surface area contributed by atoms with Crippen molar-refractivity contribution in [3.8, 4) is 5.75 Å². The molecule has 206 valence electrons. The molecule has 1 unspecified atom stereocenters. The second-order valence-corrected chi connectivity index (χ2v) is 11.6. The molecule has 1 heterocycles. The molecular formula is C31H35NO6S. The van der Waals surface area contributed by atoms with Gasteiger partial charge in [-0.2, -0.15) is 0 Å². The number of cyclic esters (lactones) is 1. The van der Waals surface area contributed by atoms with Gasteiger partial charge >= 0.3 is 5.97 Å². The number of aliphatic hydroxyl groups is 1. The maximum atomic E-state index is 13.4. The van der Waals surface area contributed by atoms with Crippen LogP contribution in [-0.2, 0) is 32.4 Å². The van der Waals surface area contributed by atoms with Crippen LogP contribution in [0, 0.1) is 0 Å². The van der Waals surface area contributed by atoms with Gasteiger partial charge in [0.25, 0.3) is 10.0 Å². The zero-order valence-electron chi connectivity index (χ0n) is 22.3. The van der Waals surface area contributed by atoms with Crippen LogP contribution >= 0.6 is 0 Å². The number of anilines is 1. The summed E-state index contributed by atoms with van der Waals surface area (Å²) in [6.07, 6.45) is 3.50. The maximum Gasteiger partial charge on any atom is 0.342 e. The summed E-state index contributed by atoms with van der Waals surface area (Å²) in [5.74, 6) is -1.24. The molecule has 1 aliphatic heterocycles. The van der Waals surface area contributed by atoms with Crippen LogP contribution in [0.5, 0.6) is 5.75 Å². The number of phenols is 1. The Balaban J connectivity index is 1.69. The fraction of sp³-hybridized carbons (Fsp3) is 0.323. The highest BCUT2D eigenvalue weighted by Crippen LogP contribution is 2.43. The molecular weight excluding hydrogens is 514 g/mol. The van der Waals surface area contributed by atoms with E-state index in [-0.39, 0.29) is 45.9 Å². The molecule has 0 saturated carbocycles. The number of rotatable bonds is 11. The smallest absolute Gasteiger partial charge is 0.342 e. The van der Waals surface area contributed by atoms with E-state index in [2.05, 4.69) is 4.72 Å². The predicted octanol–water partition coefficient (Wildman–Crippen LogP) is 6.53. The van der Waals surface area contributed by atoms with E-state index in [1.807, 2.05) is 44.2 Å². The van der Waals surface area contributed by atoms with Crippen LogP contribution in [0.3, 0.4) is 0 Å². The summed E-state index contributed by atoms with van der Waals surface area (Å²) in [5.41, 5.74) is 0.758. The molecule has 8 heteroatoms. The number of hydrogen-bond acceptors (Lipinski definition) is 6. The van der Waals surface area contributed by atoms with Gasteiger partial charge in [0.05, 0.1) is 4.90 Å². The summed E-state index contributed by atoms with van der Waals surface area (Å²) in [6, 6.07) is 21.1. The number of benzene rings is 3. The third-order valence-corrected chi connectivity index (χ3v) is 8.50. The van der Waals surface area contributed by atoms with Crippen LogP contribution in [0.4, 0.5) is 5.69 Å². The van der Waals surface area contributed by atoms with E-state index in [9.17, 15) is 23.4 Å². The Hall–Kier alpha value is -3.78. The van der Waals surface area contributed by atoms with Gasteiger partial charge in [-0.3, -0.25) is 4.72 Å². The first-order chi connectivity index (χ1) is 18.7. The lowest BCUT2D eigenvalue weighted by molar-refractivity contribution is -0.157. The van der Waals surface area contributed by atoms with Crippen molar-refractivity contribution in [3.63, 3.8) is 0 Å². The van der Waals surface area contributed by atoms with Gasteiger partial charge in [-0.15, -0.1) is 0 Å². The van der Waals surface area contributed by atoms with Crippen LogP contribution in [0.25, 0.3) is 5.57 Å². The van der Waals surface area contributed by atoms with Gasteiger partial charge in [0, 0.05) is 23.2 Å². The minimum absolute atomic E-state index is 0.0627. The van der Waals surface area contributed by atoms with Crippen molar-refractivity contribution in [2.45, 2.75) is 69.3 Å². The number of aliphatic hydroxyl groups excluding tert-OH is 1. The molecule has 0 saturated heterocycles. The molecule has 0 aromatic heterocycles. The first-order valence-corrected chi connectivity index (χ1v) is 14.8. The van der Waals surface area contributed by atoms with Crippen molar-refractivity contribution in [1.82, 2.24) is 0 Å². The molecule has 3 aromatic rings. The fourth-order valence-corrected chi connectivity index (χ4v) is 6.54. The molecule has 1 atom stereocenters. The SMILES string of the molecule is CCCc1c(S(=O)(=O)Nc2ccccc2)ccc(C2=C(O)CC(CCC)(CCc3ccccc3)OC2=O)c1O. The molecule has 0 fully saturated rings. The molecule has 39 heavy (non-hydrogen) atoms. The van der Waals surface area contributed by atoms with Crippen LogP contribution < -0.4 is 4.72 Å². The lowest BCUT2D eigenvalue weighted by atomic mass is 9.82. The monoisotopic (exact) mass is 549 g/mol. The highest BCUT2D eigenvalue weighted by Gasteiger charge is 2.42. The number of carbonyl (C=O) groups excluding carboxylic acids is 1. The number of carbonyl (C=O) groups is 1. The topological polar surface area (TPSA) is 113 Å². The third kappa shape index (κ3) is 6.28. The molecule has 3 N–H and O–H groups in total. The van der Waals surface area contributed by atoms with E-state index in [1.54, 1.807) is 30.3 Å². The van der Waals surface area contributed by atoms with E-state index in [4.69, 9.17) is 4.74 Å². The van der Waals surface area contributed by atoms with Crippen molar-refractivity contribution in [1.29, 1.82) is 0 Å². The number of aromatic hydroxyl groups is 1. The standard InChI is InChI=1S/C31H35NO6S/c1-3-11-24-27(39(36,37)32-23-14-9-6-10-15-23)17-16-25(29(24)34)28-26(33)21-31(19-4-2,38-30(28)35)20-18-22-12-7-5-8-13-22/h5-10,12-17,32-34H,3-4,11,18-21H2,1-2H3. The maximum absolute atomic E-state index is 13.4. The zero-order valence-corrected chi connectivity index (χ0v) is 23.1. The lowest BCUT2D eigenvalue weighted by Gasteiger charge is -2.37. The average molecular weight is 550 g/mol. The number of para-hydroxylation sites is 1. The molecule has 0 spiro atoms. The number of ether oxygens (including phenoxy) is 1. The first-order valence-electron chi connectivity index (χ1n) is 13.3. The van der Waals surface area contributed by atoms with Gasteiger partial charge in [-0.25, -0.2) is 13.2 Å².